The molecule has 0 unspecified atom stereocenters. The SMILES string of the molecule is CC(=O)NNC(=O)[C@]1(C)COC(C)(C)N1C(=O)O. The first kappa shape index (κ1) is 14.2. The van der Waals surface area contributed by atoms with E-state index in [0.717, 1.165) is 4.90 Å². The van der Waals surface area contributed by atoms with Crippen LogP contribution in [0.15, 0.2) is 0 Å². The molecule has 1 heterocycles. The van der Waals surface area contributed by atoms with E-state index in [9.17, 15) is 19.5 Å². The Hall–Kier alpha value is -1.83. The van der Waals surface area contributed by atoms with Gasteiger partial charge >= 0.3 is 6.09 Å². The van der Waals surface area contributed by atoms with E-state index in [-0.39, 0.29) is 6.61 Å². The molecule has 0 saturated carbocycles. The largest absolute Gasteiger partial charge is 0.465 e. The second kappa shape index (κ2) is 4.45. The lowest BCUT2D eigenvalue weighted by Crippen LogP contribution is -2.62. The van der Waals surface area contributed by atoms with Crippen molar-refractivity contribution >= 4 is 17.9 Å². The van der Waals surface area contributed by atoms with Crippen LogP contribution in [0.3, 0.4) is 0 Å². The Labute approximate surface area is 104 Å². The Morgan fingerprint density at radius 2 is 1.78 bits per heavy atom. The quantitative estimate of drug-likeness (QED) is 0.558. The summed E-state index contributed by atoms with van der Waals surface area (Å²) < 4.78 is 5.33. The number of hydrogen-bond donors (Lipinski definition) is 3. The summed E-state index contributed by atoms with van der Waals surface area (Å²) in [7, 11) is 0. The lowest BCUT2D eigenvalue weighted by molar-refractivity contribution is -0.135. The van der Waals surface area contributed by atoms with Crippen LogP contribution in [0.2, 0.25) is 0 Å². The third kappa shape index (κ3) is 2.37. The number of ether oxygens (including phenoxy) is 1. The van der Waals surface area contributed by atoms with Gasteiger partial charge in [-0.2, -0.15) is 0 Å². The molecule has 0 aromatic rings. The minimum atomic E-state index is -1.39. The summed E-state index contributed by atoms with van der Waals surface area (Å²) in [6.07, 6.45) is -1.27. The van der Waals surface area contributed by atoms with Crippen LogP contribution in [0.25, 0.3) is 0 Å². The summed E-state index contributed by atoms with van der Waals surface area (Å²) in [5, 5.41) is 9.19. The van der Waals surface area contributed by atoms with Gasteiger partial charge in [-0.05, 0) is 20.8 Å². The predicted molar refractivity (Wildman–Crippen MR) is 60.3 cm³/mol. The maximum absolute atomic E-state index is 12.0. The Morgan fingerprint density at radius 1 is 1.22 bits per heavy atom. The fourth-order valence-electron chi connectivity index (χ4n) is 1.93. The van der Waals surface area contributed by atoms with Crippen LogP contribution in [0, 0.1) is 0 Å². The summed E-state index contributed by atoms with van der Waals surface area (Å²) in [6, 6.07) is 0. The van der Waals surface area contributed by atoms with Crippen LogP contribution in [0.1, 0.15) is 27.7 Å². The predicted octanol–water partition coefficient (Wildman–Crippen LogP) is -0.341. The first-order valence-electron chi connectivity index (χ1n) is 5.35. The van der Waals surface area contributed by atoms with Gasteiger partial charge in [0.05, 0.1) is 6.61 Å². The highest BCUT2D eigenvalue weighted by atomic mass is 16.5. The zero-order valence-electron chi connectivity index (χ0n) is 10.7. The van der Waals surface area contributed by atoms with Crippen molar-refractivity contribution in [2.24, 2.45) is 0 Å². The van der Waals surface area contributed by atoms with Crippen molar-refractivity contribution in [1.29, 1.82) is 0 Å². The molecule has 3 N–H and O–H groups in total. The minimum absolute atomic E-state index is 0.0856. The summed E-state index contributed by atoms with van der Waals surface area (Å²) in [5.41, 5.74) is 1.79. The van der Waals surface area contributed by atoms with Gasteiger partial charge in [0, 0.05) is 6.92 Å². The molecule has 0 spiro atoms. The lowest BCUT2D eigenvalue weighted by Gasteiger charge is -2.36. The van der Waals surface area contributed by atoms with Gasteiger partial charge in [0.2, 0.25) is 5.91 Å². The first-order chi connectivity index (χ1) is 8.11. The molecule has 102 valence electrons. The molecule has 8 heteroatoms. The minimum Gasteiger partial charge on any atom is -0.465 e. The van der Waals surface area contributed by atoms with Gasteiger partial charge < -0.3 is 9.84 Å². The molecular formula is C10H17N3O5. The number of hydrazine groups is 1. The number of carboxylic acid groups (broad SMARTS) is 1. The van der Waals surface area contributed by atoms with Crippen LogP contribution in [0.4, 0.5) is 4.79 Å². The van der Waals surface area contributed by atoms with Gasteiger partial charge in [-0.15, -0.1) is 0 Å². The summed E-state index contributed by atoms with van der Waals surface area (Å²) >= 11 is 0. The molecule has 0 radical (unpaired) electrons. The monoisotopic (exact) mass is 259 g/mol. The highest BCUT2D eigenvalue weighted by molar-refractivity contribution is 5.91. The average Bonchev–Trinajstić information content (AvgIpc) is 2.46. The molecular weight excluding hydrogens is 242 g/mol. The van der Waals surface area contributed by atoms with Gasteiger partial charge in [0.15, 0.2) is 0 Å². The van der Waals surface area contributed by atoms with E-state index in [0.29, 0.717) is 0 Å². The van der Waals surface area contributed by atoms with Crippen LogP contribution >= 0.6 is 0 Å². The van der Waals surface area contributed by atoms with Gasteiger partial charge in [-0.1, -0.05) is 0 Å². The highest BCUT2D eigenvalue weighted by Crippen LogP contribution is 2.34. The molecule has 18 heavy (non-hydrogen) atoms. The summed E-state index contributed by atoms with van der Waals surface area (Å²) in [5.74, 6) is -1.10. The van der Waals surface area contributed by atoms with E-state index < -0.39 is 29.2 Å². The summed E-state index contributed by atoms with van der Waals surface area (Å²) in [4.78, 5) is 34.9. The molecule has 1 rings (SSSR count). The summed E-state index contributed by atoms with van der Waals surface area (Å²) in [6.45, 7) is 5.69. The normalized spacial score (nSPS) is 25.7. The van der Waals surface area contributed by atoms with Gasteiger partial charge in [0.1, 0.15) is 11.3 Å². The maximum atomic E-state index is 12.0. The van der Waals surface area contributed by atoms with Gasteiger partial charge in [-0.3, -0.25) is 25.3 Å². The molecule has 1 fully saturated rings. The van der Waals surface area contributed by atoms with Crippen LogP contribution in [-0.2, 0) is 14.3 Å². The Balaban J connectivity index is 2.94. The van der Waals surface area contributed by atoms with Gasteiger partial charge in [0.25, 0.3) is 5.91 Å². The Bertz CT molecular complexity index is 395. The molecule has 3 amide bonds. The second-order valence-corrected chi connectivity index (χ2v) is 4.76. The van der Waals surface area contributed by atoms with Crippen molar-refractivity contribution in [3.05, 3.63) is 0 Å². The number of nitrogens with one attached hydrogen (secondary N) is 2. The van der Waals surface area contributed by atoms with E-state index in [2.05, 4.69) is 10.9 Å². The molecule has 1 aliphatic heterocycles. The smallest absolute Gasteiger partial charge is 0.410 e. The van der Waals surface area contributed by atoms with E-state index >= 15 is 0 Å². The second-order valence-electron chi connectivity index (χ2n) is 4.76. The number of carbonyl (C=O) groups is 3. The molecule has 1 saturated heterocycles. The van der Waals surface area contributed by atoms with Crippen molar-refractivity contribution in [3.8, 4) is 0 Å². The van der Waals surface area contributed by atoms with Crippen molar-refractivity contribution in [3.63, 3.8) is 0 Å². The third-order valence-corrected chi connectivity index (χ3v) is 2.77. The van der Waals surface area contributed by atoms with Crippen molar-refractivity contribution < 1.29 is 24.2 Å². The van der Waals surface area contributed by atoms with Crippen LogP contribution in [-0.4, -0.2) is 45.8 Å². The molecule has 0 aromatic heterocycles. The Morgan fingerprint density at radius 3 is 2.22 bits per heavy atom. The third-order valence-electron chi connectivity index (χ3n) is 2.77. The molecule has 0 bridgehead atoms. The van der Waals surface area contributed by atoms with Gasteiger partial charge in [-0.25, -0.2) is 4.79 Å². The number of rotatable bonds is 1. The number of hydrogen-bond acceptors (Lipinski definition) is 4. The van der Waals surface area contributed by atoms with Crippen molar-refractivity contribution in [2.75, 3.05) is 6.61 Å². The van der Waals surface area contributed by atoms with E-state index in [4.69, 9.17) is 4.74 Å². The van der Waals surface area contributed by atoms with Crippen LogP contribution in [0.5, 0.6) is 0 Å². The maximum Gasteiger partial charge on any atom is 0.410 e. The fraction of sp³-hybridized carbons (Fsp3) is 0.700. The van der Waals surface area contributed by atoms with Crippen molar-refractivity contribution in [2.45, 2.75) is 39.0 Å². The van der Waals surface area contributed by atoms with E-state index in [1.165, 1.54) is 13.8 Å². The zero-order chi connectivity index (χ0) is 14.1. The van der Waals surface area contributed by atoms with Crippen LogP contribution < -0.4 is 10.9 Å². The topological polar surface area (TPSA) is 108 Å². The fourth-order valence-corrected chi connectivity index (χ4v) is 1.93. The Kier molecular flexibility index (Phi) is 3.52. The highest BCUT2D eigenvalue weighted by Gasteiger charge is 2.56. The zero-order valence-corrected chi connectivity index (χ0v) is 10.7. The molecule has 0 aliphatic carbocycles. The van der Waals surface area contributed by atoms with E-state index in [1.807, 2.05) is 0 Å². The van der Waals surface area contributed by atoms with E-state index in [1.54, 1.807) is 13.8 Å². The average molecular weight is 259 g/mol. The standard InChI is InChI=1S/C10H17N3O5/c1-6(14)11-12-7(15)10(4)5-18-9(2,3)13(10)8(16)17/h5H2,1-4H3,(H,11,14)(H,12,15)(H,16,17)/t10-/m0/s1. The molecule has 0 aromatic carbocycles. The lowest BCUT2D eigenvalue weighted by atomic mass is 10.0. The number of nitrogens with zero attached hydrogens (tertiary/aromatic N) is 1. The molecule has 1 aliphatic rings. The van der Waals surface area contributed by atoms with Crippen molar-refractivity contribution in [1.82, 2.24) is 15.8 Å². The molecule has 1 atom stereocenters. The number of carbonyl (C=O) groups excluding carboxylic acids is 2. The first-order valence-corrected chi connectivity index (χ1v) is 5.35. The molecule has 8 nitrogen and oxygen atoms in total. The number of amides is 3.